The smallest absolute Gasteiger partial charge is 0.314 e. The summed E-state index contributed by atoms with van der Waals surface area (Å²) >= 11 is 5.26. The first kappa shape index (κ1) is 9.78. The fraction of sp³-hybridized carbons (Fsp3) is 0.875. The van der Waals surface area contributed by atoms with Crippen LogP contribution in [-0.2, 0) is 9.53 Å². The van der Waals surface area contributed by atoms with Crippen molar-refractivity contribution in [3.63, 3.8) is 0 Å². The van der Waals surface area contributed by atoms with Crippen molar-refractivity contribution >= 4 is 17.6 Å². The molecular weight excluding hydrogens is 183 g/mol. The zero-order valence-corrected chi connectivity index (χ0v) is 8.11. The van der Waals surface area contributed by atoms with Crippen molar-refractivity contribution < 1.29 is 13.9 Å². The quantitative estimate of drug-likeness (QED) is 0.473. The van der Waals surface area contributed by atoms with Crippen LogP contribution in [0.5, 0.6) is 0 Å². The lowest BCUT2D eigenvalue weighted by Gasteiger charge is -2.19. The number of carbonyl (C=O) groups excluding carboxylic acids is 1. The fourth-order valence-electron chi connectivity index (χ4n) is 0.842. The summed E-state index contributed by atoms with van der Waals surface area (Å²) in [6, 6.07) is 0. The SMILES string of the molecule is CC(C)(C)OC(=O)C1CC1(F)Cl. The molecule has 1 rings (SSSR count). The molecule has 2 atom stereocenters. The monoisotopic (exact) mass is 194 g/mol. The number of carbonyl (C=O) groups is 1. The highest BCUT2D eigenvalue weighted by molar-refractivity contribution is 6.26. The van der Waals surface area contributed by atoms with E-state index >= 15 is 0 Å². The molecule has 4 heteroatoms. The van der Waals surface area contributed by atoms with Gasteiger partial charge in [0.15, 0.2) is 5.13 Å². The van der Waals surface area contributed by atoms with E-state index in [9.17, 15) is 9.18 Å². The van der Waals surface area contributed by atoms with Gasteiger partial charge in [0.25, 0.3) is 0 Å². The zero-order chi connectivity index (χ0) is 9.57. The molecule has 0 aromatic rings. The van der Waals surface area contributed by atoms with Gasteiger partial charge in [-0.25, -0.2) is 4.39 Å². The average molecular weight is 195 g/mol. The molecule has 0 aliphatic heterocycles. The molecule has 1 aliphatic rings. The van der Waals surface area contributed by atoms with Gasteiger partial charge in [-0.2, -0.15) is 0 Å². The molecule has 0 heterocycles. The third-order valence-electron chi connectivity index (χ3n) is 1.52. The highest BCUT2D eigenvalue weighted by atomic mass is 35.5. The van der Waals surface area contributed by atoms with Gasteiger partial charge >= 0.3 is 5.97 Å². The number of esters is 1. The van der Waals surface area contributed by atoms with Crippen LogP contribution >= 0.6 is 11.6 Å². The predicted octanol–water partition coefficient (Wildman–Crippen LogP) is 2.25. The van der Waals surface area contributed by atoms with Gasteiger partial charge in [-0.3, -0.25) is 4.79 Å². The first-order valence-electron chi connectivity index (χ1n) is 3.83. The van der Waals surface area contributed by atoms with Crippen molar-refractivity contribution in [2.45, 2.75) is 37.9 Å². The van der Waals surface area contributed by atoms with Gasteiger partial charge < -0.3 is 4.74 Å². The largest absolute Gasteiger partial charge is 0.460 e. The lowest BCUT2D eigenvalue weighted by molar-refractivity contribution is -0.157. The Morgan fingerprint density at radius 2 is 2.08 bits per heavy atom. The fourth-order valence-corrected chi connectivity index (χ4v) is 1.09. The molecule has 1 saturated carbocycles. The topological polar surface area (TPSA) is 26.3 Å². The highest BCUT2D eigenvalue weighted by Crippen LogP contribution is 2.51. The van der Waals surface area contributed by atoms with E-state index < -0.39 is 22.6 Å². The van der Waals surface area contributed by atoms with E-state index in [0.29, 0.717) is 0 Å². The molecule has 12 heavy (non-hydrogen) atoms. The number of rotatable bonds is 1. The molecule has 0 saturated heterocycles. The van der Waals surface area contributed by atoms with Crippen LogP contribution in [0.3, 0.4) is 0 Å². The third kappa shape index (κ3) is 2.34. The van der Waals surface area contributed by atoms with Crippen LogP contribution < -0.4 is 0 Å². The lowest BCUT2D eigenvalue weighted by atomic mass is 10.2. The standard InChI is InChI=1S/C8H12ClFO2/c1-7(2,3)12-6(11)5-4-8(5,9)10/h5H,4H2,1-3H3. The Labute approximate surface area is 76.0 Å². The maximum Gasteiger partial charge on any atom is 0.314 e. The second-order valence-electron chi connectivity index (χ2n) is 4.05. The molecule has 0 aromatic heterocycles. The molecule has 0 spiro atoms. The molecule has 0 N–H and O–H groups in total. The molecule has 0 aromatic carbocycles. The van der Waals surface area contributed by atoms with Crippen molar-refractivity contribution in [1.82, 2.24) is 0 Å². The van der Waals surface area contributed by atoms with Crippen LogP contribution in [0.25, 0.3) is 0 Å². The van der Waals surface area contributed by atoms with Gasteiger partial charge in [0, 0.05) is 6.42 Å². The zero-order valence-electron chi connectivity index (χ0n) is 7.36. The van der Waals surface area contributed by atoms with Crippen molar-refractivity contribution in [3.8, 4) is 0 Å². The van der Waals surface area contributed by atoms with E-state index in [2.05, 4.69) is 0 Å². The van der Waals surface area contributed by atoms with E-state index in [4.69, 9.17) is 16.3 Å². The van der Waals surface area contributed by atoms with Crippen LogP contribution in [0, 0.1) is 5.92 Å². The number of alkyl halides is 2. The van der Waals surface area contributed by atoms with Gasteiger partial charge in [-0.05, 0) is 20.8 Å². The molecule has 0 bridgehead atoms. The Bertz CT molecular complexity index is 208. The molecule has 2 nitrogen and oxygen atoms in total. The summed E-state index contributed by atoms with van der Waals surface area (Å²) < 4.78 is 17.7. The summed E-state index contributed by atoms with van der Waals surface area (Å²) in [4.78, 5) is 11.1. The minimum atomic E-state index is -1.84. The van der Waals surface area contributed by atoms with Crippen LogP contribution in [0.15, 0.2) is 0 Å². The highest BCUT2D eigenvalue weighted by Gasteiger charge is 2.60. The predicted molar refractivity (Wildman–Crippen MR) is 43.6 cm³/mol. The summed E-state index contributed by atoms with van der Waals surface area (Å²) in [5.74, 6) is -1.31. The van der Waals surface area contributed by atoms with E-state index in [0.717, 1.165) is 0 Å². The van der Waals surface area contributed by atoms with E-state index in [-0.39, 0.29) is 6.42 Å². The number of hydrogen-bond donors (Lipinski definition) is 0. The summed E-state index contributed by atoms with van der Waals surface area (Å²) in [5.41, 5.74) is -0.563. The van der Waals surface area contributed by atoms with E-state index in [1.807, 2.05) is 0 Å². The summed E-state index contributed by atoms with van der Waals surface area (Å²) in [5, 5.41) is -1.84. The second kappa shape index (κ2) is 2.59. The van der Waals surface area contributed by atoms with Gasteiger partial charge in [-0.15, -0.1) is 0 Å². The molecule has 1 fully saturated rings. The summed E-state index contributed by atoms with van der Waals surface area (Å²) in [6.07, 6.45) is 0.0729. The molecule has 70 valence electrons. The number of ether oxygens (including phenoxy) is 1. The normalized spacial score (nSPS) is 34.6. The van der Waals surface area contributed by atoms with Gasteiger partial charge in [0.2, 0.25) is 0 Å². The maximum atomic E-state index is 12.8. The number of halogens is 2. The maximum absolute atomic E-state index is 12.8. The third-order valence-corrected chi connectivity index (χ3v) is 1.93. The molecule has 0 radical (unpaired) electrons. The molecular formula is C8H12ClFO2. The summed E-state index contributed by atoms with van der Waals surface area (Å²) in [6.45, 7) is 5.21. The number of hydrogen-bond acceptors (Lipinski definition) is 2. The molecule has 2 unspecified atom stereocenters. The first-order chi connectivity index (χ1) is 5.22. The van der Waals surface area contributed by atoms with Crippen LogP contribution in [-0.4, -0.2) is 16.7 Å². The van der Waals surface area contributed by atoms with Gasteiger partial charge in [0.1, 0.15) is 11.5 Å². The van der Waals surface area contributed by atoms with Crippen molar-refractivity contribution in [2.75, 3.05) is 0 Å². The van der Waals surface area contributed by atoms with Crippen molar-refractivity contribution in [3.05, 3.63) is 0 Å². The summed E-state index contributed by atoms with van der Waals surface area (Å²) in [7, 11) is 0. The minimum absolute atomic E-state index is 0.0729. The average Bonchev–Trinajstić information content (AvgIpc) is 2.35. The Balaban J connectivity index is 2.42. The Morgan fingerprint density at radius 3 is 2.33 bits per heavy atom. The van der Waals surface area contributed by atoms with Crippen LogP contribution in [0.1, 0.15) is 27.2 Å². The second-order valence-corrected chi connectivity index (χ2v) is 4.68. The Morgan fingerprint density at radius 1 is 1.67 bits per heavy atom. The Kier molecular flexibility index (Phi) is 2.11. The van der Waals surface area contributed by atoms with Crippen LogP contribution in [0.4, 0.5) is 4.39 Å². The van der Waals surface area contributed by atoms with Gasteiger partial charge in [0.05, 0.1) is 0 Å². The molecule has 0 amide bonds. The lowest BCUT2D eigenvalue weighted by Crippen LogP contribution is -2.26. The molecule has 1 aliphatic carbocycles. The van der Waals surface area contributed by atoms with Gasteiger partial charge in [-0.1, -0.05) is 11.6 Å². The Hall–Kier alpha value is -0.310. The van der Waals surface area contributed by atoms with Crippen molar-refractivity contribution in [2.24, 2.45) is 5.92 Å². The van der Waals surface area contributed by atoms with E-state index in [1.54, 1.807) is 20.8 Å². The van der Waals surface area contributed by atoms with E-state index in [1.165, 1.54) is 0 Å². The first-order valence-corrected chi connectivity index (χ1v) is 4.21. The van der Waals surface area contributed by atoms with Crippen molar-refractivity contribution in [1.29, 1.82) is 0 Å². The minimum Gasteiger partial charge on any atom is -0.460 e. The van der Waals surface area contributed by atoms with Crippen LogP contribution in [0.2, 0.25) is 0 Å².